The number of rotatable bonds is 8. The molecular weight excluding hydrogens is 376 g/mol. The van der Waals surface area contributed by atoms with Crippen LogP contribution in [-0.4, -0.2) is 46.6 Å². The maximum absolute atomic E-state index is 12.1. The molecule has 1 N–H and O–H groups in total. The lowest BCUT2D eigenvalue weighted by Gasteiger charge is -2.28. The number of nitrogens with one attached hydrogen (secondary N) is 1. The summed E-state index contributed by atoms with van der Waals surface area (Å²) in [4.78, 5) is 18.7. The molecule has 6 nitrogen and oxygen atoms in total. The van der Waals surface area contributed by atoms with Gasteiger partial charge in [0.25, 0.3) is 5.91 Å². The number of benzene rings is 2. The molecule has 0 unspecified atom stereocenters. The van der Waals surface area contributed by atoms with Crippen LogP contribution in [0.5, 0.6) is 5.75 Å². The zero-order chi connectivity index (χ0) is 20.8. The van der Waals surface area contributed by atoms with Crippen molar-refractivity contribution in [1.29, 1.82) is 0 Å². The van der Waals surface area contributed by atoms with Crippen LogP contribution in [0.25, 0.3) is 11.3 Å². The molecule has 3 aromatic rings. The van der Waals surface area contributed by atoms with Crippen LogP contribution in [0.4, 0.5) is 0 Å². The number of hydrogen-bond acceptors (Lipinski definition) is 4. The van der Waals surface area contributed by atoms with Crippen LogP contribution < -0.4 is 10.1 Å². The maximum atomic E-state index is 12.1. The van der Waals surface area contributed by atoms with Gasteiger partial charge in [-0.15, -0.1) is 0 Å². The highest BCUT2D eigenvalue weighted by atomic mass is 16.5. The Hall–Kier alpha value is -3.12. The largest absolute Gasteiger partial charge is 0.484 e. The molecule has 0 saturated heterocycles. The van der Waals surface area contributed by atoms with Gasteiger partial charge in [0.1, 0.15) is 5.75 Å². The third kappa shape index (κ3) is 5.07. The van der Waals surface area contributed by atoms with E-state index in [-0.39, 0.29) is 12.5 Å². The Kier molecular flexibility index (Phi) is 6.44. The molecule has 0 bridgehead atoms. The third-order valence-corrected chi connectivity index (χ3v) is 5.50. The molecule has 1 amide bonds. The molecule has 30 heavy (non-hydrogen) atoms. The first-order chi connectivity index (χ1) is 14.7. The molecule has 4 rings (SSSR count). The second kappa shape index (κ2) is 9.59. The van der Waals surface area contributed by atoms with Gasteiger partial charge in [-0.1, -0.05) is 36.4 Å². The molecule has 0 atom stereocenters. The molecule has 6 heteroatoms. The van der Waals surface area contributed by atoms with E-state index in [9.17, 15) is 4.79 Å². The van der Waals surface area contributed by atoms with Crippen LogP contribution in [-0.2, 0) is 24.8 Å². The topological polar surface area (TPSA) is 59.4 Å². The zero-order valence-corrected chi connectivity index (χ0v) is 17.4. The van der Waals surface area contributed by atoms with Gasteiger partial charge in [0, 0.05) is 38.8 Å². The lowest BCUT2D eigenvalue weighted by molar-refractivity contribution is -0.123. The average molecular weight is 405 g/mol. The quantitative estimate of drug-likeness (QED) is 0.587. The van der Waals surface area contributed by atoms with Crippen LogP contribution in [0.15, 0.2) is 61.1 Å². The van der Waals surface area contributed by atoms with Crippen molar-refractivity contribution in [2.75, 3.05) is 26.2 Å². The Balaban J connectivity index is 1.17. The summed E-state index contributed by atoms with van der Waals surface area (Å²) < 4.78 is 7.63. The van der Waals surface area contributed by atoms with Gasteiger partial charge in [0.05, 0.1) is 18.2 Å². The molecule has 2 heterocycles. The van der Waals surface area contributed by atoms with Gasteiger partial charge in [-0.2, -0.15) is 0 Å². The first kappa shape index (κ1) is 20.2. The number of hydrogen-bond donors (Lipinski definition) is 1. The summed E-state index contributed by atoms with van der Waals surface area (Å²) in [7, 11) is 1.95. The number of ether oxygens (including phenoxy) is 1. The highest BCUT2D eigenvalue weighted by Crippen LogP contribution is 2.23. The summed E-state index contributed by atoms with van der Waals surface area (Å²) in [5, 5.41) is 2.96. The highest BCUT2D eigenvalue weighted by molar-refractivity contribution is 5.77. The summed E-state index contributed by atoms with van der Waals surface area (Å²) in [6, 6.07) is 16.4. The fraction of sp³-hybridized carbons (Fsp3) is 0.333. The molecule has 0 spiro atoms. The van der Waals surface area contributed by atoms with E-state index in [2.05, 4.69) is 39.5 Å². The first-order valence-corrected chi connectivity index (χ1v) is 10.4. The van der Waals surface area contributed by atoms with E-state index in [1.54, 1.807) is 6.33 Å². The van der Waals surface area contributed by atoms with Crippen LogP contribution in [0.3, 0.4) is 0 Å². The van der Waals surface area contributed by atoms with E-state index < -0.39 is 0 Å². The van der Waals surface area contributed by atoms with Gasteiger partial charge in [-0.3, -0.25) is 9.69 Å². The summed E-state index contributed by atoms with van der Waals surface area (Å²) >= 11 is 0. The molecule has 2 aromatic carbocycles. The monoisotopic (exact) mass is 404 g/mol. The Morgan fingerprint density at radius 3 is 2.87 bits per heavy atom. The van der Waals surface area contributed by atoms with E-state index in [0.717, 1.165) is 43.7 Å². The van der Waals surface area contributed by atoms with Crippen LogP contribution in [0.1, 0.15) is 17.5 Å². The number of aryl methyl sites for hydroxylation is 1. The molecule has 156 valence electrons. The molecule has 1 aromatic heterocycles. The SMILES string of the molecule is Cn1cncc1-c1cccc(OCC(=O)NCCCN2CCc3ccccc3C2)c1. The summed E-state index contributed by atoms with van der Waals surface area (Å²) in [6.45, 7) is 3.75. The minimum absolute atomic E-state index is 0.0198. The van der Waals surface area contributed by atoms with E-state index >= 15 is 0 Å². The fourth-order valence-electron chi connectivity index (χ4n) is 3.86. The van der Waals surface area contributed by atoms with Crippen LogP contribution in [0.2, 0.25) is 0 Å². The van der Waals surface area contributed by atoms with Gasteiger partial charge >= 0.3 is 0 Å². The van der Waals surface area contributed by atoms with Crippen molar-refractivity contribution in [1.82, 2.24) is 19.8 Å². The van der Waals surface area contributed by atoms with Crippen molar-refractivity contribution >= 4 is 5.91 Å². The van der Waals surface area contributed by atoms with Crippen LogP contribution >= 0.6 is 0 Å². The fourth-order valence-corrected chi connectivity index (χ4v) is 3.86. The molecule has 1 aliphatic rings. The average Bonchev–Trinajstić information content (AvgIpc) is 3.21. The second-order valence-corrected chi connectivity index (χ2v) is 7.70. The summed E-state index contributed by atoms with van der Waals surface area (Å²) in [5.41, 5.74) is 4.91. The number of carbonyl (C=O) groups is 1. The second-order valence-electron chi connectivity index (χ2n) is 7.70. The van der Waals surface area contributed by atoms with Gasteiger partial charge in [-0.05, 0) is 36.1 Å². The van der Waals surface area contributed by atoms with E-state index in [0.29, 0.717) is 12.3 Å². The number of aromatic nitrogens is 2. The molecule has 0 saturated carbocycles. The predicted molar refractivity (Wildman–Crippen MR) is 117 cm³/mol. The molecular formula is C24H28N4O2. The summed E-state index contributed by atoms with van der Waals surface area (Å²) in [6.07, 6.45) is 5.61. The van der Waals surface area contributed by atoms with Crippen molar-refractivity contribution in [2.24, 2.45) is 7.05 Å². The smallest absolute Gasteiger partial charge is 0.257 e. The molecule has 1 aliphatic heterocycles. The lowest BCUT2D eigenvalue weighted by Crippen LogP contribution is -2.34. The van der Waals surface area contributed by atoms with Crippen molar-refractivity contribution in [3.63, 3.8) is 0 Å². The Morgan fingerprint density at radius 1 is 1.17 bits per heavy atom. The lowest BCUT2D eigenvalue weighted by atomic mass is 10.00. The zero-order valence-electron chi connectivity index (χ0n) is 17.4. The highest BCUT2D eigenvalue weighted by Gasteiger charge is 2.15. The molecule has 0 fully saturated rings. The van der Waals surface area contributed by atoms with Gasteiger partial charge in [0.15, 0.2) is 6.61 Å². The number of nitrogens with zero attached hydrogens (tertiary/aromatic N) is 3. The number of carbonyl (C=O) groups excluding carboxylic acids is 1. The van der Waals surface area contributed by atoms with Gasteiger partial charge < -0.3 is 14.6 Å². The Labute approximate surface area is 177 Å². The maximum Gasteiger partial charge on any atom is 0.257 e. The van der Waals surface area contributed by atoms with E-state index in [4.69, 9.17) is 4.74 Å². The molecule has 0 aliphatic carbocycles. The Morgan fingerprint density at radius 2 is 2.03 bits per heavy atom. The number of amides is 1. The van der Waals surface area contributed by atoms with Crippen LogP contribution in [0, 0.1) is 0 Å². The van der Waals surface area contributed by atoms with Crippen molar-refractivity contribution in [2.45, 2.75) is 19.4 Å². The minimum Gasteiger partial charge on any atom is -0.484 e. The van der Waals surface area contributed by atoms with Crippen molar-refractivity contribution in [3.05, 3.63) is 72.2 Å². The van der Waals surface area contributed by atoms with E-state index in [1.165, 1.54) is 11.1 Å². The normalized spacial score (nSPS) is 13.6. The van der Waals surface area contributed by atoms with E-state index in [1.807, 2.05) is 42.1 Å². The Bertz CT molecular complexity index is 998. The van der Waals surface area contributed by atoms with Gasteiger partial charge in [-0.25, -0.2) is 4.98 Å². The standard InChI is InChI=1S/C24H28N4O2/c1-27-18-25-15-23(27)20-8-4-9-22(14-20)30-17-24(29)26-11-5-12-28-13-10-19-6-2-3-7-21(19)16-28/h2-4,6-9,14-15,18H,5,10-13,16-17H2,1H3,(H,26,29). The van der Waals surface area contributed by atoms with Crippen molar-refractivity contribution in [3.8, 4) is 17.0 Å². The number of imidazole rings is 1. The molecule has 0 radical (unpaired) electrons. The minimum atomic E-state index is -0.0927. The predicted octanol–water partition coefficient (Wildman–Crippen LogP) is 3.03. The van der Waals surface area contributed by atoms with Crippen molar-refractivity contribution < 1.29 is 9.53 Å². The number of fused-ring (bicyclic) bond motifs is 1. The first-order valence-electron chi connectivity index (χ1n) is 10.4. The third-order valence-electron chi connectivity index (χ3n) is 5.50. The van der Waals surface area contributed by atoms with Gasteiger partial charge in [0.2, 0.25) is 0 Å². The summed E-state index contributed by atoms with van der Waals surface area (Å²) in [5.74, 6) is 0.584.